The van der Waals surface area contributed by atoms with Crippen molar-refractivity contribution in [2.45, 2.75) is 39.3 Å². The van der Waals surface area contributed by atoms with Crippen LogP contribution in [0.15, 0.2) is 53.1 Å². The second-order valence-electron chi connectivity index (χ2n) is 8.21. The van der Waals surface area contributed by atoms with E-state index in [0.29, 0.717) is 23.3 Å². The van der Waals surface area contributed by atoms with E-state index in [9.17, 15) is 4.79 Å². The van der Waals surface area contributed by atoms with Crippen molar-refractivity contribution in [3.63, 3.8) is 0 Å². The smallest absolute Gasteiger partial charge is 0.241 e. The first-order valence-corrected chi connectivity index (χ1v) is 11.0. The number of aromatic nitrogens is 2. The van der Waals surface area contributed by atoms with Gasteiger partial charge in [-0.1, -0.05) is 46.6 Å². The summed E-state index contributed by atoms with van der Waals surface area (Å²) in [6, 6.07) is 15.7. The van der Waals surface area contributed by atoms with Crippen molar-refractivity contribution in [3.05, 3.63) is 70.6 Å². The van der Waals surface area contributed by atoms with Crippen LogP contribution in [0, 0.1) is 12.8 Å². The molecule has 1 aromatic heterocycles. The van der Waals surface area contributed by atoms with Gasteiger partial charge in [0, 0.05) is 16.5 Å². The number of piperidine rings is 1. The lowest BCUT2D eigenvalue weighted by Gasteiger charge is -2.30. The maximum atomic E-state index is 12.7. The number of carbonyl (C=O) groups excluding carboxylic acids is 1. The molecule has 0 aliphatic carbocycles. The zero-order valence-electron chi connectivity index (χ0n) is 17.8. The van der Waals surface area contributed by atoms with Crippen molar-refractivity contribution >= 4 is 17.5 Å². The number of hydrogen-bond acceptors (Lipinski definition) is 5. The number of amides is 1. The van der Waals surface area contributed by atoms with E-state index in [4.69, 9.17) is 16.1 Å². The Morgan fingerprint density at radius 2 is 1.84 bits per heavy atom. The first-order chi connectivity index (χ1) is 15.0. The van der Waals surface area contributed by atoms with Crippen LogP contribution in [0.3, 0.4) is 0 Å². The number of aryl methyl sites for hydroxylation is 1. The minimum absolute atomic E-state index is 0.0100. The zero-order chi connectivity index (χ0) is 21.8. The second kappa shape index (κ2) is 9.62. The van der Waals surface area contributed by atoms with Gasteiger partial charge in [0.05, 0.1) is 12.6 Å². The first kappa shape index (κ1) is 21.5. The molecule has 0 radical (unpaired) electrons. The van der Waals surface area contributed by atoms with Crippen LogP contribution >= 0.6 is 11.6 Å². The largest absolute Gasteiger partial charge is 0.349 e. The molecule has 1 unspecified atom stereocenters. The van der Waals surface area contributed by atoms with Crippen LogP contribution in [0.4, 0.5) is 0 Å². The SMILES string of the molecule is Cc1ccc(C(C)NC(=O)C2CCN(Cc3nc(-c4ccc(Cl)cc4)no3)CC2)cc1. The van der Waals surface area contributed by atoms with Crippen LogP contribution in [-0.2, 0) is 11.3 Å². The first-order valence-electron chi connectivity index (χ1n) is 10.7. The Kier molecular flexibility index (Phi) is 6.68. The Labute approximate surface area is 187 Å². The summed E-state index contributed by atoms with van der Waals surface area (Å²) >= 11 is 5.93. The monoisotopic (exact) mass is 438 g/mol. The number of rotatable bonds is 6. The number of nitrogens with zero attached hydrogens (tertiary/aromatic N) is 3. The van der Waals surface area contributed by atoms with Gasteiger partial charge in [-0.2, -0.15) is 4.98 Å². The third kappa shape index (κ3) is 5.51. The molecular formula is C24H27ClN4O2. The summed E-state index contributed by atoms with van der Waals surface area (Å²) in [5.41, 5.74) is 3.22. The minimum Gasteiger partial charge on any atom is -0.349 e. The molecular weight excluding hydrogens is 412 g/mol. The number of benzene rings is 2. The maximum Gasteiger partial charge on any atom is 0.241 e. The Morgan fingerprint density at radius 3 is 2.52 bits per heavy atom. The molecule has 1 aliphatic heterocycles. The third-order valence-electron chi connectivity index (χ3n) is 5.82. The summed E-state index contributed by atoms with van der Waals surface area (Å²) in [4.78, 5) is 19.5. The van der Waals surface area contributed by atoms with E-state index in [0.717, 1.165) is 37.1 Å². The molecule has 2 heterocycles. The van der Waals surface area contributed by atoms with Crippen LogP contribution < -0.4 is 5.32 Å². The van der Waals surface area contributed by atoms with E-state index in [-0.39, 0.29) is 17.9 Å². The lowest BCUT2D eigenvalue weighted by molar-refractivity contribution is -0.127. The van der Waals surface area contributed by atoms with Gasteiger partial charge in [-0.15, -0.1) is 0 Å². The molecule has 1 aliphatic rings. The standard InChI is InChI=1S/C24H27ClN4O2/c1-16-3-5-18(6-4-16)17(2)26-24(30)20-11-13-29(14-12-20)15-22-27-23(28-31-22)19-7-9-21(25)10-8-19/h3-10,17,20H,11-15H2,1-2H3,(H,26,30). The molecule has 1 saturated heterocycles. The van der Waals surface area contributed by atoms with Gasteiger partial charge >= 0.3 is 0 Å². The van der Waals surface area contributed by atoms with Gasteiger partial charge in [-0.3, -0.25) is 9.69 Å². The fraction of sp³-hybridized carbons (Fsp3) is 0.375. The van der Waals surface area contributed by atoms with Crippen LogP contribution in [0.5, 0.6) is 0 Å². The average Bonchev–Trinajstić information content (AvgIpc) is 3.23. The predicted molar refractivity (Wildman–Crippen MR) is 120 cm³/mol. The fourth-order valence-electron chi connectivity index (χ4n) is 3.85. The van der Waals surface area contributed by atoms with Gasteiger partial charge < -0.3 is 9.84 Å². The van der Waals surface area contributed by atoms with E-state index >= 15 is 0 Å². The molecule has 7 heteroatoms. The van der Waals surface area contributed by atoms with E-state index < -0.39 is 0 Å². The van der Waals surface area contributed by atoms with E-state index in [1.165, 1.54) is 5.56 Å². The molecule has 0 saturated carbocycles. The van der Waals surface area contributed by atoms with E-state index in [1.807, 2.05) is 31.2 Å². The van der Waals surface area contributed by atoms with Gasteiger partial charge in [0.25, 0.3) is 0 Å². The Morgan fingerprint density at radius 1 is 1.16 bits per heavy atom. The van der Waals surface area contributed by atoms with Crippen molar-refractivity contribution in [1.82, 2.24) is 20.4 Å². The number of nitrogens with one attached hydrogen (secondary N) is 1. The second-order valence-corrected chi connectivity index (χ2v) is 8.65. The number of likely N-dealkylation sites (tertiary alicyclic amines) is 1. The summed E-state index contributed by atoms with van der Waals surface area (Å²) in [6.45, 7) is 6.35. The quantitative estimate of drug-likeness (QED) is 0.599. The van der Waals surface area contributed by atoms with E-state index in [1.54, 1.807) is 0 Å². The highest BCUT2D eigenvalue weighted by Gasteiger charge is 2.27. The van der Waals surface area contributed by atoms with Crippen molar-refractivity contribution in [1.29, 1.82) is 0 Å². The van der Waals surface area contributed by atoms with Crippen molar-refractivity contribution < 1.29 is 9.32 Å². The van der Waals surface area contributed by atoms with Crippen molar-refractivity contribution in [2.24, 2.45) is 5.92 Å². The van der Waals surface area contributed by atoms with Gasteiger partial charge in [0.1, 0.15) is 0 Å². The molecule has 4 rings (SSSR count). The van der Waals surface area contributed by atoms with Gasteiger partial charge in [-0.25, -0.2) is 0 Å². The number of carbonyl (C=O) groups is 1. The normalized spacial score (nSPS) is 16.2. The molecule has 162 valence electrons. The Bertz CT molecular complexity index is 1010. The van der Waals surface area contributed by atoms with Crippen LogP contribution in [0.1, 0.15) is 42.8 Å². The van der Waals surface area contributed by atoms with Crippen LogP contribution in [0.25, 0.3) is 11.4 Å². The zero-order valence-corrected chi connectivity index (χ0v) is 18.6. The summed E-state index contributed by atoms with van der Waals surface area (Å²) in [5.74, 6) is 1.32. The molecule has 2 aromatic carbocycles. The molecule has 0 spiro atoms. The molecule has 6 nitrogen and oxygen atoms in total. The molecule has 1 atom stereocenters. The highest BCUT2D eigenvalue weighted by atomic mass is 35.5. The van der Waals surface area contributed by atoms with Crippen molar-refractivity contribution in [3.8, 4) is 11.4 Å². The molecule has 0 bridgehead atoms. The van der Waals surface area contributed by atoms with Crippen LogP contribution in [0.2, 0.25) is 5.02 Å². The summed E-state index contributed by atoms with van der Waals surface area (Å²) in [6.07, 6.45) is 1.65. The van der Waals surface area contributed by atoms with Gasteiger partial charge in [0.15, 0.2) is 0 Å². The van der Waals surface area contributed by atoms with E-state index in [2.05, 4.69) is 51.5 Å². The summed E-state index contributed by atoms with van der Waals surface area (Å²) in [7, 11) is 0. The molecule has 1 fully saturated rings. The topological polar surface area (TPSA) is 71.3 Å². The van der Waals surface area contributed by atoms with Crippen molar-refractivity contribution in [2.75, 3.05) is 13.1 Å². The Hall–Kier alpha value is -2.70. The molecule has 1 amide bonds. The Balaban J connectivity index is 1.26. The highest BCUT2D eigenvalue weighted by molar-refractivity contribution is 6.30. The lowest BCUT2D eigenvalue weighted by Crippen LogP contribution is -2.40. The van der Waals surface area contributed by atoms with Crippen LogP contribution in [-0.4, -0.2) is 34.0 Å². The maximum absolute atomic E-state index is 12.7. The fourth-order valence-corrected chi connectivity index (χ4v) is 3.98. The number of halogens is 1. The lowest BCUT2D eigenvalue weighted by atomic mass is 9.95. The molecule has 1 N–H and O–H groups in total. The summed E-state index contributed by atoms with van der Waals surface area (Å²) < 4.78 is 5.42. The summed E-state index contributed by atoms with van der Waals surface area (Å²) in [5, 5.41) is 7.91. The minimum atomic E-state index is 0.0100. The molecule has 3 aromatic rings. The van der Waals surface area contributed by atoms with Gasteiger partial charge in [0.2, 0.25) is 17.6 Å². The number of hydrogen-bond donors (Lipinski definition) is 1. The average molecular weight is 439 g/mol. The predicted octanol–water partition coefficient (Wildman–Crippen LogP) is 4.79. The third-order valence-corrected chi connectivity index (χ3v) is 6.08. The molecule has 31 heavy (non-hydrogen) atoms. The highest BCUT2D eigenvalue weighted by Crippen LogP contribution is 2.23. The van der Waals surface area contributed by atoms with Gasteiger partial charge in [-0.05, 0) is 69.6 Å².